The zero-order valence-corrected chi connectivity index (χ0v) is 10.8. The van der Waals surface area contributed by atoms with Crippen LogP contribution in [-0.2, 0) is 6.61 Å². The molecule has 0 bridgehead atoms. The highest BCUT2D eigenvalue weighted by molar-refractivity contribution is 5.33. The minimum Gasteiger partial charge on any atom is -0.392 e. The Kier molecular flexibility index (Phi) is 3.46. The highest BCUT2D eigenvalue weighted by Gasteiger charge is 2.34. The van der Waals surface area contributed by atoms with E-state index in [1.54, 1.807) is 12.4 Å². The molecule has 1 aromatic heterocycles. The third-order valence-electron chi connectivity index (χ3n) is 4.37. The number of aromatic nitrogens is 2. The summed E-state index contributed by atoms with van der Waals surface area (Å²) in [4.78, 5) is 11.2. The van der Waals surface area contributed by atoms with Gasteiger partial charge in [0.05, 0.1) is 6.61 Å². The molecule has 4 heteroatoms. The second-order valence-corrected chi connectivity index (χ2v) is 5.50. The van der Waals surface area contributed by atoms with Gasteiger partial charge in [-0.1, -0.05) is 12.8 Å². The molecule has 0 spiro atoms. The number of hydrogen-bond donors (Lipinski definition) is 1. The number of fused-ring (bicyclic) bond motifs is 1. The van der Waals surface area contributed by atoms with E-state index in [9.17, 15) is 0 Å². The molecule has 2 unspecified atom stereocenters. The summed E-state index contributed by atoms with van der Waals surface area (Å²) in [6.07, 6.45) is 11.5. The quantitative estimate of drug-likeness (QED) is 0.869. The molecule has 1 saturated heterocycles. The molecule has 18 heavy (non-hydrogen) atoms. The van der Waals surface area contributed by atoms with Crippen molar-refractivity contribution in [3.8, 4) is 0 Å². The summed E-state index contributed by atoms with van der Waals surface area (Å²) in [6.45, 7) is 1.10. The van der Waals surface area contributed by atoms with Crippen LogP contribution < -0.4 is 4.90 Å². The maximum Gasteiger partial charge on any atom is 0.225 e. The monoisotopic (exact) mass is 247 g/mol. The van der Waals surface area contributed by atoms with Crippen molar-refractivity contribution < 1.29 is 5.11 Å². The van der Waals surface area contributed by atoms with Gasteiger partial charge in [-0.2, -0.15) is 0 Å². The molecule has 0 radical (unpaired) electrons. The smallest absolute Gasteiger partial charge is 0.225 e. The number of piperidine rings is 1. The molecule has 1 aliphatic heterocycles. The second-order valence-electron chi connectivity index (χ2n) is 5.50. The van der Waals surface area contributed by atoms with Gasteiger partial charge in [0, 0.05) is 30.5 Å². The van der Waals surface area contributed by atoms with Gasteiger partial charge < -0.3 is 10.0 Å². The Morgan fingerprint density at radius 1 is 1.11 bits per heavy atom. The van der Waals surface area contributed by atoms with E-state index in [2.05, 4.69) is 14.9 Å². The highest BCUT2D eigenvalue weighted by atomic mass is 16.3. The first-order valence-electron chi connectivity index (χ1n) is 7.07. The molecular weight excluding hydrogens is 226 g/mol. The largest absolute Gasteiger partial charge is 0.392 e. The van der Waals surface area contributed by atoms with Crippen molar-refractivity contribution >= 4 is 5.95 Å². The zero-order chi connectivity index (χ0) is 12.4. The predicted octanol–water partition coefficient (Wildman–Crippen LogP) is 2.13. The molecule has 98 valence electrons. The third kappa shape index (κ3) is 2.21. The van der Waals surface area contributed by atoms with Crippen LogP contribution >= 0.6 is 0 Å². The van der Waals surface area contributed by atoms with Crippen LogP contribution in [0, 0.1) is 5.92 Å². The van der Waals surface area contributed by atoms with Crippen LogP contribution in [-0.4, -0.2) is 27.7 Å². The number of rotatable bonds is 2. The third-order valence-corrected chi connectivity index (χ3v) is 4.37. The average molecular weight is 247 g/mol. The first-order chi connectivity index (χ1) is 8.88. The fraction of sp³-hybridized carbons (Fsp3) is 0.714. The maximum absolute atomic E-state index is 9.03. The molecule has 1 N–H and O–H groups in total. The molecule has 2 fully saturated rings. The normalized spacial score (nSPS) is 27.9. The summed E-state index contributed by atoms with van der Waals surface area (Å²) in [7, 11) is 0. The Morgan fingerprint density at radius 2 is 1.83 bits per heavy atom. The minimum absolute atomic E-state index is 0.0202. The van der Waals surface area contributed by atoms with Crippen molar-refractivity contribution in [2.24, 2.45) is 5.92 Å². The summed E-state index contributed by atoms with van der Waals surface area (Å²) in [5, 5.41) is 9.03. The van der Waals surface area contributed by atoms with Crippen molar-refractivity contribution in [3.63, 3.8) is 0 Å². The molecule has 1 saturated carbocycles. The first-order valence-corrected chi connectivity index (χ1v) is 7.07. The number of anilines is 1. The van der Waals surface area contributed by atoms with E-state index in [4.69, 9.17) is 5.11 Å². The van der Waals surface area contributed by atoms with Crippen molar-refractivity contribution in [3.05, 3.63) is 18.0 Å². The van der Waals surface area contributed by atoms with Gasteiger partial charge in [-0.25, -0.2) is 9.97 Å². The van der Waals surface area contributed by atoms with E-state index in [0.717, 1.165) is 24.0 Å². The second kappa shape index (κ2) is 5.22. The van der Waals surface area contributed by atoms with Crippen molar-refractivity contribution in [2.75, 3.05) is 11.4 Å². The summed E-state index contributed by atoms with van der Waals surface area (Å²) in [6, 6.07) is 0.646. The highest BCUT2D eigenvalue weighted by Crippen LogP contribution is 2.36. The fourth-order valence-electron chi connectivity index (χ4n) is 3.45. The van der Waals surface area contributed by atoms with Gasteiger partial charge in [0.15, 0.2) is 0 Å². The van der Waals surface area contributed by atoms with Crippen LogP contribution in [0.3, 0.4) is 0 Å². The lowest BCUT2D eigenvalue weighted by atomic mass is 9.78. The number of nitrogens with zero attached hydrogens (tertiary/aromatic N) is 3. The SMILES string of the molecule is OCc1cnc(N2CCCC3CCCCC32)nc1. The fourth-order valence-corrected chi connectivity index (χ4v) is 3.45. The van der Waals surface area contributed by atoms with Gasteiger partial charge in [0.2, 0.25) is 5.95 Å². The molecule has 1 aromatic rings. The molecule has 0 amide bonds. The lowest BCUT2D eigenvalue weighted by Gasteiger charge is -2.44. The Labute approximate surface area is 108 Å². The summed E-state index contributed by atoms with van der Waals surface area (Å²) >= 11 is 0. The zero-order valence-electron chi connectivity index (χ0n) is 10.8. The molecule has 4 nitrogen and oxygen atoms in total. The van der Waals surface area contributed by atoms with Crippen molar-refractivity contribution in [2.45, 2.75) is 51.2 Å². The van der Waals surface area contributed by atoms with Gasteiger partial charge in [0.1, 0.15) is 0 Å². The summed E-state index contributed by atoms with van der Waals surface area (Å²) < 4.78 is 0. The van der Waals surface area contributed by atoms with E-state index >= 15 is 0 Å². The van der Waals surface area contributed by atoms with E-state index < -0.39 is 0 Å². The standard InChI is InChI=1S/C14H21N3O/c18-10-11-8-15-14(16-9-11)17-7-3-5-12-4-1-2-6-13(12)17/h8-9,12-13,18H,1-7,10H2. The van der Waals surface area contributed by atoms with Crippen molar-refractivity contribution in [1.82, 2.24) is 9.97 Å². The lowest BCUT2D eigenvalue weighted by molar-refractivity contribution is 0.241. The molecule has 0 aromatic carbocycles. The minimum atomic E-state index is 0.0202. The Balaban J connectivity index is 1.80. The molecule has 2 atom stereocenters. The van der Waals surface area contributed by atoms with E-state index in [-0.39, 0.29) is 6.61 Å². The van der Waals surface area contributed by atoms with E-state index in [1.165, 1.54) is 38.5 Å². The molecule has 3 rings (SSSR count). The van der Waals surface area contributed by atoms with Crippen LogP contribution in [0.4, 0.5) is 5.95 Å². The maximum atomic E-state index is 9.03. The number of aliphatic hydroxyl groups is 1. The Hall–Kier alpha value is -1.16. The molecule has 2 aliphatic rings. The predicted molar refractivity (Wildman–Crippen MR) is 70.3 cm³/mol. The number of aliphatic hydroxyl groups excluding tert-OH is 1. The first kappa shape index (κ1) is 11.9. The molecular formula is C14H21N3O. The molecule has 2 heterocycles. The van der Waals surface area contributed by atoms with E-state index in [0.29, 0.717) is 6.04 Å². The Bertz CT molecular complexity index is 391. The van der Waals surface area contributed by atoms with Crippen LogP contribution in [0.1, 0.15) is 44.1 Å². The van der Waals surface area contributed by atoms with E-state index in [1.807, 2.05) is 0 Å². The summed E-state index contributed by atoms with van der Waals surface area (Å²) in [5.41, 5.74) is 0.788. The van der Waals surface area contributed by atoms with Gasteiger partial charge in [-0.3, -0.25) is 0 Å². The van der Waals surface area contributed by atoms with Gasteiger partial charge in [-0.15, -0.1) is 0 Å². The van der Waals surface area contributed by atoms with Crippen LogP contribution in [0.2, 0.25) is 0 Å². The van der Waals surface area contributed by atoms with Crippen LogP contribution in [0.25, 0.3) is 0 Å². The molecule has 1 aliphatic carbocycles. The van der Waals surface area contributed by atoms with Crippen molar-refractivity contribution in [1.29, 1.82) is 0 Å². The van der Waals surface area contributed by atoms with Gasteiger partial charge in [-0.05, 0) is 31.6 Å². The van der Waals surface area contributed by atoms with Gasteiger partial charge >= 0.3 is 0 Å². The average Bonchev–Trinajstić information content (AvgIpc) is 2.47. The number of hydrogen-bond acceptors (Lipinski definition) is 4. The Morgan fingerprint density at radius 3 is 2.61 bits per heavy atom. The topological polar surface area (TPSA) is 49.3 Å². The van der Waals surface area contributed by atoms with Crippen LogP contribution in [0.15, 0.2) is 12.4 Å². The van der Waals surface area contributed by atoms with Gasteiger partial charge in [0.25, 0.3) is 0 Å². The lowest BCUT2D eigenvalue weighted by Crippen LogP contribution is -2.47. The summed E-state index contributed by atoms with van der Waals surface area (Å²) in [5.74, 6) is 1.69. The van der Waals surface area contributed by atoms with Crippen LogP contribution in [0.5, 0.6) is 0 Å².